The Morgan fingerprint density at radius 3 is 2.24 bits per heavy atom. The molecule has 4 N–H and O–H groups in total. The SMILES string of the molecule is O=c1ccn([C@H]2C[C@H](O)[C@@H](C[NH2+]C(c3ccccc3)c3ccccc3)O2)c(=O)[nH]1. The highest BCUT2D eigenvalue weighted by Crippen LogP contribution is 2.27. The minimum Gasteiger partial charge on any atom is -0.390 e. The van der Waals surface area contributed by atoms with Gasteiger partial charge in [0.05, 0.1) is 6.10 Å². The number of quaternary nitrogens is 1. The number of nitrogens with two attached hydrogens (primary N) is 1. The molecule has 0 radical (unpaired) electrons. The summed E-state index contributed by atoms with van der Waals surface area (Å²) in [6.07, 6.45) is -0.0108. The summed E-state index contributed by atoms with van der Waals surface area (Å²) < 4.78 is 7.28. The molecule has 0 amide bonds. The van der Waals surface area contributed by atoms with Crippen molar-refractivity contribution in [1.82, 2.24) is 9.55 Å². The van der Waals surface area contributed by atoms with Crippen molar-refractivity contribution in [1.29, 1.82) is 0 Å². The average molecular weight is 394 g/mol. The zero-order valence-corrected chi connectivity index (χ0v) is 15.8. The molecule has 2 aromatic carbocycles. The highest BCUT2D eigenvalue weighted by Gasteiger charge is 2.37. The van der Waals surface area contributed by atoms with E-state index in [0.717, 1.165) is 0 Å². The number of hydrogen-bond donors (Lipinski definition) is 3. The Balaban J connectivity index is 1.49. The Kier molecular flexibility index (Phi) is 5.71. The fourth-order valence-electron chi connectivity index (χ4n) is 3.81. The van der Waals surface area contributed by atoms with Crippen molar-refractivity contribution in [2.75, 3.05) is 6.54 Å². The van der Waals surface area contributed by atoms with E-state index < -0.39 is 29.7 Å². The first-order valence-electron chi connectivity index (χ1n) is 9.70. The van der Waals surface area contributed by atoms with Gasteiger partial charge in [-0.25, -0.2) is 4.79 Å². The lowest BCUT2D eigenvalue weighted by atomic mass is 9.98. The Bertz CT molecular complexity index is 1010. The van der Waals surface area contributed by atoms with Gasteiger partial charge in [-0.2, -0.15) is 0 Å². The van der Waals surface area contributed by atoms with Crippen LogP contribution in [-0.4, -0.2) is 33.4 Å². The zero-order valence-electron chi connectivity index (χ0n) is 15.8. The molecule has 1 aliphatic rings. The molecule has 1 saturated heterocycles. The highest BCUT2D eigenvalue weighted by atomic mass is 16.5. The summed E-state index contributed by atoms with van der Waals surface area (Å²) in [7, 11) is 0. The normalized spacial score (nSPS) is 21.5. The summed E-state index contributed by atoms with van der Waals surface area (Å²) in [6, 6.07) is 21.7. The number of aliphatic hydroxyl groups is 1. The molecule has 0 unspecified atom stereocenters. The number of nitrogens with one attached hydrogen (secondary N) is 1. The maximum Gasteiger partial charge on any atom is 0.330 e. The monoisotopic (exact) mass is 394 g/mol. The van der Waals surface area contributed by atoms with E-state index in [1.165, 1.54) is 28.0 Å². The Hall–Kier alpha value is -3.00. The maximum absolute atomic E-state index is 12.0. The van der Waals surface area contributed by atoms with Crippen LogP contribution in [0.15, 0.2) is 82.5 Å². The number of aromatic amines is 1. The van der Waals surface area contributed by atoms with Crippen LogP contribution < -0.4 is 16.6 Å². The van der Waals surface area contributed by atoms with Crippen LogP contribution in [0, 0.1) is 0 Å². The molecule has 7 heteroatoms. The number of aromatic nitrogens is 2. The largest absolute Gasteiger partial charge is 0.390 e. The molecule has 3 aromatic rings. The highest BCUT2D eigenvalue weighted by molar-refractivity contribution is 5.29. The smallest absolute Gasteiger partial charge is 0.330 e. The van der Waals surface area contributed by atoms with Crippen LogP contribution in [0.4, 0.5) is 0 Å². The van der Waals surface area contributed by atoms with Gasteiger partial charge in [0.15, 0.2) is 0 Å². The lowest BCUT2D eigenvalue weighted by Gasteiger charge is -2.20. The summed E-state index contributed by atoms with van der Waals surface area (Å²) in [4.78, 5) is 25.5. The van der Waals surface area contributed by atoms with Gasteiger partial charge in [0.25, 0.3) is 5.56 Å². The average Bonchev–Trinajstić information content (AvgIpc) is 3.10. The van der Waals surface area contributed by atoms with Crippen molar-refractivity contribution in [3.63, 3.8) is 0 Å². The minimum atomic E-state index is -0.692. The molecule has 1 fully saturated rings. The van der Waals surface area contributed by atoms with E-state index in [0.29, 0.717) is 13.0 Å². The standard InChI is InChI=1S/C22H23N3O4/c26-17-13-20(25-12-11-19(27)24-22(25)28)29-18(17)14-23-21(15-7-3-1-4-8-15)16-9-5-2-6-10-16/h1-12,17-18,20-21,23,26H,13-14H2,(H,24,27,28)/p+1/t17-,18+,20+/m0/s1. The van der Waals surface area contributed by atoms with Gasteiger partial charge in [-0.05, 0) is 0 Å². The Labute approximate surface area is 167 Å². The zero-order chi connectivity index (χ0) is 20.2. The second-order valence-electron chi connectivity index (χ2n) is 7.22. The molecule has 3 atom stereocenters. The minimum absolute atomic E-state index is 0.0723. The predicted molar refractivity (Wildman–Crippen MR) is 107 cm³/mol. The van der Waals surface area contributed by atoms with E-state index in [9.17, 15) is 14.7 Å². The molecule has 0 bridgehead atoms. The predicted octanol–water partition coefficient (Wildman–Crippen LogP) is 0.538. The summed E-state index contributed by atoms with van der Waals surface area (Å²) in [5, 5.41) is 12.6. The van der Waals surface area contributed by atoms with Gasteiger partial charge in [0.2, 0.25) is 0 Å². The van der Waals surface area contributed by atoms with Gasteiger partial charge in [-0.1, -0.05) is 60.7 Å². The van der Waals surface area contributed by atoms with E-state index in [-0.39, 0.29) is 6.04 Å². The second kappa shape index (κ2) is 8.57. The quantitative estimate of drug-likeness (QED) is 0.568. The van der Waals surface area contributed by atoms with Crippen molar-refractivity contribution in [2.45, 2.75) is 30.9 Å². The Morgan fingerprint density at radius 1 is 1.03 bits per heavy atom. The number of benzene rings is 2. The van der Waals surface area contributed by atoms with Crippen molar-refractivity contribution in [3.8, 4) is 0 Å². The molecule has 29 heavy (non-hydrogen) atoms. The number of hydrogen-bond acceptors (Lipinski definition) is 4. The van der Waals surface area contributed by atoms with Crippen LogP contribution in [0.25, 0.3) is 0 Å². The van der Waals surface area contributed by atoms with Crippen LogP contribution in [-0.2, 0) is 4.74 Å². The van der Waals surface area contributed by atoms with Gasteiger partial charge < -0.3 is 15.2 Å². The molecule has 1 aromatic heterocycles. The molecular formula is C22H24N3O4+. The van der Waals surface area contributed by atoms with Crippen molar-refractivity contribution >= 4 is 0 Å². The van der Waals surface area contributed by atoms with Gasteiger partial charge in [-0.15, -0.1) is 0 Å². The summed E-state index contributed by atoms with van der Waals surface area (Å²) >= 11 is 0. The molecule has 0 aliphatic carbocycles. The van der Waals surface area contributed by atoms with E-state index in [1.807, 2.05) is 36.4 Å². The van der Waals surface area contributed by atoms with Crippen molar-refractivity contribution in [2.24, 2.45) is 0 Å². The summed E-state index contributed by atoms with van der Waals surface area (Å²) in [5.74, 6) is 0. The fraction of sp³-hybridized carbons (Fsp3) is 0.273. The fourth-order valence-corrected chi connectivity index (χ4v) is 3.81. The van der Waals surface area contributed by atoms with E-state index in [1.54, 1.807) is 0 Å². The van der Waals surface area contributed by atoms with E-state index >= 15 is 0 Å². The molecule has 4 rings (SSSR count). The third kappa shape index (κ3) is 4.37. The number of nitrogens with zero attached hydrogens (tertiary/aromatic N) is 1. The van der Waals surface area contributed by atoms with E-state index in [4.69, 9.17) is 4.74 Å². The third-order valence-electron chi connectivity index (χ3n) is 5.29. The molecule has 7 nitrogen and oxygen atoms in total. The number of aliphatic hydroxyl groups excluding tert-OH is 1. The molecule has 150 valence electrons. The van der Waals surface area contributed by atoms with Gasteiger partial charge >= 0.3 is 5.69 Å². The third-order valence-corrected chi connectivity index (χ3v) is 5.29. The van der Waals surface area contributed by atoms with Gasteiger partial charge in [0.1, 0.15) is 24.9 Å². The van der Waals surface area contributed by atoms with Crippen LogP contribution in [0.5, 0.6) is 0 Å². The molecule has 0 saturated carbocycles. The lowest BCUT2D eigenvalue weighted by molar-refractivity contribution is -0.693. The van der Waals surface area contributed by atoms with Crippen LogP contribution in [0.2, 0.25) is 0 Å². The van der Waals surface area contributed by atoms with Crippen LogP contribution in [0.3, 0.4) is 0 Å². The molecule has 2 heterocycles. The summed E-state index contributed by atoms with van der Waals surface area (Å²) in [6.45, 7) is 0.532. The van der Waals surface area contributed by atoms with Crippen LogP contribution >= 0.6 is 0 Å². The maximum atomic E-state index is 12.0. The molecular weight excluding hydrogens is 370 g/mol. The first-order chi connectivity index (χ1) is 14.1. The van der Waals surface area contributed by atoms with Crippen molar-refractivity contribution in [3.05, 3.63) is 105 Å². The van der Waals surface area contributed by atoms with Gasteiger partial charge in [-0.3, -0.25) is 14.3 Å². The topological polar surface area (TPSA) is 101 Å². The Morgan fingerprint density at radius 2 is 1.66 bits per heavy atom. The lowest BCUT2D eigenvalue weighted by Crippen LogP contribution is -2.88. The van der Waals surface area contributed by atoms with E-state index in [2.05, 4.69) is 34.6 Å². The second-order valence-corrected chi connectivity index (χ2v) is 7.22. The van der Waals surface area contributed by atoms with Gasteiger partial charge in [0, 0.05) is 29.8 Å². The molecule has 0 spiro atoms. The number of ether oxygens (including phenoxy) is 1. The number of rotatable bonds is 6. The molecule has 1 aliphatic heterocycles. The summed E-state index contributed by atoms with van der Waals surface area (Å²) in [5.41, 5.74) is 1.34. The number of H-pyrrole nitrogens is 1. The van der Waals surface area contributed by atoms with Crippen LogP contribution in [0.1, 0.15) is 29.8 Å². The first-order valence-corrected chi connectivity index (χ1v) is 9.70. The van der Waals surface area contributed by atoms with Crippen molar-refractivity contribution < 1.29 is 15.2 Å². The first kappa shape index (κ1) is 19.3.